The molecule has 0 saturated carbocycles. The van der Waals surface area contributed by atoms with Gasteiger partial charge in [0, 0.05) is 5.41 Å². The van der Waals surface area contributed by atoms with Crippen molar-refractivity contribution in [2.75, 3.05) is 13.1 Å². The zero-order chi connectivity index (χ0) is 14.5. The molecule has 2 aromatic rings. The fraction of sp³-hybridized carbons (Fsp3) is 0.278. The predicted octanol–water partition coefficient (Wildman–Crippen LogP) is 4.11. The highest BCUT2D eigenvalue weighted by molar-refractivity contribution is 7.78. The molecule has 0 spiro atoms. The highest BCUT2D eigenvalue weighted by Gasteiger charge is 2.35. The number of benzene rings is 2. The van der Waals surface area contributed by atoms with Gasteiger partial charge in [-0.25, -0.2) is 0 Å². The van der Waals surface area contributed by atoms with E-state index in [1.165, 1.54) is 16.7 Å². The summed E-state index contributed by atoms with van der Waals surface area (Å²) in [5.74, 6) is 0.797. The van der Waals surface area contributed by atoms with Crippen LogP contribution in [0.4, 0.5) is 0 Å². The van der Waals surface area contributed by atoms with Gasteiger partial charge in [0.05, 0.1) is 0 Å². The Labute approximate surface area is 143 Å². The predicted molar refractivity (Wildman–Crippen MR) is 97.3 cm³/mol. The number of piperidine rings is 1. The van der Waals surface area contributed by atoms with Crippen molar-refractivity contribution in [3.05, 3.63) is 65.7 Å². The fourth-order valence-corrected chi connectivity index (χ4v) is 3.37. The average molecular weight is 334 g/mol. The lowest BCUT2D eigenvalue weighted by Crippen LogP contribution is -2.40. The Kier molecular flexibility index (Phi) is 5.95. The van der Waals surface area contributed by atoms with Crippen molar-refractivity contribution in [1.82, 2.24) is 5.32 Å². The highest BCUT2D eigenvalue weighted by Crippen LogP contribution is 2.40. The summed E-state index contributed by atoms with van der Waals surface area (Å²) in [5.41, 5.74) is 4.15. The van der Waals surface area contributed by atoms with Crippen molar-refractivity contribution in [3.63, 3.8) is 0 Å². The Morgan fingerprint density at radius 2 is 1.50 bits per heavy atom. The normalized spacial score (nSPS) is 16.4. The van der Waals surface area contributed by atoms with Gasteiger partial charge in [0.2, 0.25) is 0 Å². The van der Waals surface area contributed by atoms with Gasteiger partial charge in [0.1, 0.15) is 5.75 Å². The third-order valence-corrected chi connectivity index (χ3v) is 4.47. The Morgan fingerprint density at radius 3 is 2.09 bits per heavy atom. The van der Waals surface area contributed by atoms with Crippen molar-refractivity contribution in [3.8, 4) is 5.75 Å². The molecule has 0 aliphatic carbocycles. The lowest BCUT2D eigenvalue weighted by molar-refractivity contribution is 0.362. The third-order valence-electron chi connectivity index (χ3n) is 4.37. The van der Waals surface area contributed by atoms with Crippen molar-refractivity contribution < 1.29 is 4.74 Å². The molecule has 1 N–H and O–H groups in total. The zero-order valence-electron chi connectivity index (χ0n) is 12.3. The van der Waals surface area contributed by atoms with Gasteiger partial charge in [0.25, 0.3) is 0 Å². The molecule has 0 unspecified atom stereocenters. The first-order chi connectivity index (χ1) is 10.3. The van der Waals surface area contributed by atoms with Crippen LogP contribution in [0.3, 0.4) is 0 Å². The van der Waals surface area contributed by atoms with Crippen LogP contribution in [0.5, 0.6) is 5.75 Å². The number of thiocarbonyl (C=S) groups is 1. The van der Waals surface area contributed by atoms with E-state index < -0.39 is 0 Å². The minimum atomic E-state index is 0. The fourth-order valence-electron chi connectivity index (χ4n) is 3.26. The van der Waals surface area contributed by atoms with Crippen molar-refractivity contribution in [2.24, 2.45) is 0 Å². The lowest BCUT2D eigenvalue weighted by Gasteiger charge is -2.39. The molecule has 1 heterocycles. The summed E-state index contributed by atoms with van der Waals surface area (Å²) in [6, 6.07) is 19.2. The van der Waals surface area contributed by atoms with Gasteiger partial charge in [-0.05, 0) is 61.4 Å². The van der Waals surface area contributed by atoms with E-state index >= 15 is 0 Å². The maximum absolute atomic E-state index is 5.26. The number of ether oxygens (including phenoxy) is 1. The molecule has 1 saturated heterocycles. The summed E-state index contributed by atoms with van der Waals surface area (Å²) in [5, 5.41) is 3.47. The average Bonchev–Trinajstić information content (AvgIpc) is 2.57. The summed E-state index contributed by atoms with van der Waals surface area (Å²) in [4.78, 5) is 0. The molecular weight excluding hydrogens is 314 g/mol. The van der Waals surface area contributed by atoms with Crippen molar-refractivity contribution in [1.29, 1.82) is 0 Å². The molecule has 1 aliphatic heterocycles. The molecule has 1 fully saturated rings. The van der Waals surface area contributed by atoms with Crippen LogP contribution in [0.15, 0.2) is 54.6 Å². The van der Waals surface area contributed by atoms with E-state index in [2.05, 4.69) is 47.8 Å². The molecule has 2 nitrogen and oxygen atoms in total. The molecule has 0 radical (unpaired) electrons. The summed E-state index contributed by atoms with van der Waals surface area (Å²) in [7, 11) is 0. The molecule has 116 valence electrons. The Bertz CT molecular complexity index is 594. The van der Waals surface area contributed by atoms with E-state index in [-0.39, 0.29) is 17.8 Å². The second kappa shape index (κ2) is 7.73. The molecule has 0 bridgehead atoms. The molecule has 4 heteroatoms. The SMILES string of the molecule is Cl.S=COc1ccc(C2(c3ccccc3)CCNCC2)cc1. The third kappa shape index (κ3) is 3.32. The van der Waals surface area contributed by atoms with Crippen LogP contribution in [0.1, 0.15) is 24.0 Å². The molecule has 22 heavy (non-hydrogen) atoms. The van der Waals surface area contributed by atoms with Gasteiger partial charge in [-0.3, -0.25) is 0 Å². The Hall–Kier alpha value is -1.42. The van der Waals surface area contributed by atoms with Crippen LogP contribution in [0, 0.1) is 0 Å². The van der Waals surface area contributed by atoms with Gasteiger partial charge in [-0.15, -0.1) is 12.4 Å². The van der Waals surface area contributed by atoms with E-state index in [1.54, 1.807) is 0 Å². The van der Waals surface area contributed by atoms with E-state index in [1.807, 2.05) is 12.1 Å². The number of rotatable bonds is 4. The Balaban J connectivity index is 0.00000176. The topological polar surface area (TPSA) is 21.3 Å². The van der Waals surface area contributed by atoms with E-state index in [9.17, 15) is 0 Å². The second-order valence-electron chi connectivity index (χ2n) is 5.44. The van der Waals surface area contributed by atoms with Crippen LogP contribution in [-0.4, -0.2) is 18.6 Å². The smallest absolute Gasteiger partial charge is 0.154 e. The number of hydrogen-bond acceptors (Lipinski definition) is 3. The molecule has 2 aromatic carbocycles. The summed E-state index contributed by atoms with van der Waals surface area (Å²) >= 11 is 4.73. The number of hydrogen-bond donors (Lipinski definition) is 1. The minimum Gasteiger partial charge on any atom is -0.454 e. The molecule has 0 atom stereocenters. The maximum Gasteiger partial charge on any atom is 0.154 e. The van der Waals surface area contributed by atoms with Crippen LogP contribution in [0.2, 0.25) is 0 Å². The first kappa shape index (κ1) is 16.9. The maximum atomic E-state index is 5.26. The summed E-state index contributed by atoms with van der Waals surface area (Å²) in [6.45, 7) is 2.10. The standard InChI is InChI=1S/C18H19NOS.ClH/c21-14-20-17-8-6-16(7-9-17)18(10-12-19-13-11-18)15-4-2-1-3-5-15;/h1-9,14,19H,10-13H2;1H. The quantitative estimate of drug-likeness (QED) is 0.851. The second-order valence-corrected chi connectivity index (χ2v) is 5.63. The minimum absolute atomic E-state index is 0. The monoisotopic (exact) mass is 333 g/mol. The lowest BCUT2D eigenvalue weighted by atomic mass is 9.68. The first-order valence-electron chi connectivity index (χ1n) is 7.32. The van der Waals surface area contributed by atoms with Crippen LogP contribution >= 0.6 is 24.6 Å². The van der Waals surface area contributed by atoms with Gasteiger partial charge in [-0.2, -0.15) is 0 Å². The molecular formula is C18H20ClNOS. The molecule has 0 amide bonds. The molecule has 1 aliphatic rings. The van der Waals surface area contributed by atoms with Crippen molar-refractivity contribution in [2.45, 2.75) is 18.3 Å². The zero-order valence-corrected chi connectivity index (χ0v) is 14.0. The van der Waals surface area contributed by atoms with E-state index in [4.69, 9.17) is 17.0 Å². The van der Waals surface area contributed by atoms with Crippen LogP contribution in [0.25, 0.3) is 0 Å². The Morgan fingerprint density at radius 1 is 0.909 bits per heavy atom. The highest BCUT2D eigenvalue weighted by atomic mass is 35.5. The van der Waals surface area contributed by atoms with Crippen LogP contribution in [-0.2, 0) is 5.41 Å². The summed E-state index contributed by atoms with van der Waals surface area (Å²) in [6.07, 6.45) is 2.23. The van der Waals surface area contributed by atoms with Gasteiger partial charge in [-0.1, -0.05) is 42.5 Å². The van der Waals surface area contributed by atoms with Gasteiger partial charge >= 0.3 is 0 Å². The van der Waals surface area contributed by atoms with E-state index in [0.717, 1.165) is 31.7 Å². The largest absolute Gasteiger partial charge is 0.454 e. The number of nitrogens with one attached hydrogen (secondary N) is 1. The van der Waals surface area contributed by atoms with E-state index in [0.29, 0.717) is 0 Å². The van der Waals surface area contributed by atoms with Crippen molar-refractivity contribution >= 4 is 30.2 Å². The molecule has 0 aromatic heterocycles. The summed E-state index contributed by atoms with van der Waals surface area (Å²) < 4.78 is 5.26. The first-order valence-corrected chi connectivity index (χ1v) is 7.79. The number of halogens is 1. The van der Waals surface area contributed by atoms with Gasteiger partial charge in [0.15, 0.2) is 5.55 Å². The molecule has 3 rings (SSSR count). The van der Waals surface area contributed by atoms with Gasteiger partial charge < -0.3 is 10.1 Å². The van der Waals surface area contributed by atoms with Crippen LogP contribution < -0.4 is 10.1 Å².